The average molecular weight is 356 g/mol. The SMILES string of the molecule is Cc1ccc(/C=C/C(=O)N2CCN(C(=O)Cc3ccc(F)cc3)CC2)o1. The Morgan fingerprint density at radius 1 is 1.04 bits per heavy atom. The van der Waals surface area contributed by atoms with Gasteiger partial charge in [0.05, 0.1) is 6.42 Å². The largest absolute Gasteiger partial charge is 0.462 e. The van der Waals surface area contributed by atoms with E-state index in [0.29, 0.717) is 31.9 Å². The Hall–Kier alpha value is -2.89. The topological polar surface area (TPSA) is 53.8 Å². The van der Waals surface area contributed by atoms with Gasteiger partial charge in [-0.3, -0.25) is 9.59 Å². The normalized spacial score (nSPS) is 14.8. The third-order valence-corrected chi connectivity index (χ3v) is 4.36. The van der Waals surface area contributed by atoms with Crippen LogP contribution in [0.4, 0.5) is 4.39 Å². The number of benzene rings is 1. The van der Waals surface area contributed by atoms with Crippen LogP contribution in [0.15, 0.2) is 46.9 Å². The van der Waals surface area contributed by atoms with Gasteiger partial charge in [-0.25, -0.2) is 4.39 Å². The van der Waals surface area contributed by atoms with Crippen LogP contribution in [0.3, 0.4) is 0 Å². The molecule has 3 rings (SSSR count). The van der Waals surface area contributed by atoms with Gasteiger partial charge in [-0.05, 0) is 42.8 Å². The minimum Gasteiger partial charge on any atom is -0.462 e. The fraction of sp³-hybridized carbons (Fsp3) is 0.300. The number of nitrogens with zero attached hydrogens (tertiary/aromatic N) is 2. The first kappa shape index (κ1) is 17.9. The van der Waals surface area contributed by atoms with E-state index in [9.17, 15) is 14.0 Å². The number of piperazine rings is 1. The number of halogens is 1. The van der Waals surface area contributed by atoms with Gasteiger partial charge in [0, 0.05) is 32.3 Å². The molecule has 6 heteroatoms. The number of aryl methyl sites for hydroxylation is 1. The number of amides is 2. The van der Waals surface area contributed by atoms with E-state index in [0.717, 1.165) is 11.3 Å². The second-order valence-corrected chi connectivity index (χ2v) is 6.29. The third-order valence-electron chi connectivity index (χ3n) is 4.36. The van der Waals surface area contributed by atoms with Gasteiger partial charge in [0.15, 0.2) is 0 Å². The van der Waals surface area contributed by atoms with Crippen LogP contribution in [0, 0.1) is 12.7 Å². The zero-order valence-corrected chi connectivity index (χ0v) is 14.7. The molecule has 1 aromatic carbocycles. The summed E-state index contributed by atoms with van der Waals surface area (Å²) in [5, 5.41) is 0. The second kappa shape index (κ2) is 7.99. The Kier molecular flexibility index (Phi) is 5.51. The summed E-state index contributed by atoms with van der Waals surface area (Å²) < 4.78 is 18.3. The fourth-order valence-corrected chi connectivity index (χ4v) is 2.87. The highest BCUT2D eigenvalue weighted by molar-refractivity contribution is 5.91. The van der Waals surface area contributed by atoms with Gasteiger partial charge in [-0.2, -0.15) is 0 Å². The minimum absolute atomic E-state index is 0.00897. The Balaban J connectivity index is 1.48. The van der Waals surface area contributed by atoms with Crippen molar-refractivity contribution >= 4 is 17.9 Å². The molecular weight excluding hydrogens is 335 g/mol. The number of rotatable bonds is 4. The van der Waals surface area contributed by atoms with E-state index < -0.39 is 0 Å². The molecular formula is C20H21FN2O3. The summed E-state index contributed by atoms with van der Waals surface area (Å²) >= 11 is 0. The molecule has 0 saturated carbocycles. The lowest BCUT2D eigenvalue weighted by Crippen LogP contribution is -2.50. The van der Waals surface area contributed by atoms with Crippen LogP contribution in [-0.4, -0.2) is 47.8 Å². The monoisotopic (exact) mass is 356 g/mol. The van der Waals surface area contributed by atoms with Crippen LogP contribution in [0.5, 0.6) is 0 Å². The molecule has 0 radical (unpaired) electrons. The number of hydrogen-bond acceptors (Lipinski definition) is 3. The molecule has 26 heavy (non-hydrogen) atoms. The first-order valence-corrected chi connectivity index (χ1v) is 8.57. The summed E-state index contributed by atoms with van der Waals surface area (Å²) in [5.41, 5.74) is 0.784. The Labute approximate surface area is 151 Å². The second-order valence-electron chi connectivity index (χ2n) is 6.29. The molecule has 2 heterocycles. The van der Waals surface area contributed by atoms with Crippen LogP contribution in [0.25, 0.3) is 6.08 Å². The van der Waals surface area contributed by atoms with Crippen molar-refractivity contribution in [3.8, 4) is 0 Å². The standard InChI is InChI=1S/C20H21FN2O3/c1-15-2-7-18(26-15)8-9-19(24)22-10-12-23(13-11-22)20(25)14-16-3-5-17(21)6-4-16/h2-9H,10-14H2,1H3/b9-8+. The molecule has 0 atom stereocenters. The van der Waals surface area contributed by atoms with Crippen molar-refractivity contribution in [3.63, 3.8) is 0 Å². The van der Waals surface area contributed by atoms with Crippen molar-refractivity contribution in [1.29, 1.82) is 0 Å². The van der Waals surface area contributed by atoms with Gasteiger partial charge in [0.25, 0.3) is 0 Å². The van der Waals surface area contributed by atoms with Crippen LogP contribution in [-0.2, 0) is 16.0 Å². The lowest BCUT2D eigenvalue weighted by molar-refractivity contribution is -0.136. The van der Waals surface area contributed by atoms with Crippen molar-refractivity contribution in [2.75, 3.05) is 26.2 Å². The van der Waals surface area contributed by atoms with Crippen LogP contribution in [0.1, 0.15) is 17.1 Å². The van der Waals surface area contributed by atoms with Gasteiger partial charge in [-0.1, -0.05) is 12.1 Å². The van der Waals surface area contributed by atoms with E-state index in [-0.39, 0.29) is 24.1 Å². The molecule has 1 aliphatic rings. The van der Waals surface area contributed by atoms with E-state index in [1.165, 1.54) is 18.2 Å². The van der Waals surface area contributed by atoms with Crippen molar-refractivity contribution in [1.82, 2.24) is 9.80 Å². The Morgan fingerprint density at radius 3 is 2.31 bits per heavy atom. The van der Waals surface area contributed by atoms with Gasteiger partial charge < -0.3 is 14.2 Å². The zero-order valence-electron chi connectivity index (χ0n) is 14.7. The maximum absolute atomic E-state index is 12.9. The lowest BCUT2D eigenvalue weighted by Gasteiger charge is -2.34. The van der Waals surface area contributed by atoms with Crippen molar-refractivity contribution in [2.24, 2.45) is 0 Å². The molecule has 0 spiro atoms. The molecule has 1 aliphatic heterocycles. The fourth-order valence-electron chi connectivity index (χ4n) is 2.87. The van der Waals surface area contributed by atoms with E-state index in [4.69, 9.17) is 4.42 Å². The van der Waals surface area contributed by atoms with Crippen LogP contribution < -0.4 is 0 Å². The van der Waals surface area contributed by atoms with Crippen LogP contribution >= 0.6 is 0 Å². The minimum atomic E-state index is -0.314. The Bertz CT molecular complexity index is 803. The molecule has 1 saturated heterocycles. The summed E-state index contributed by atoms with van der Waals surface area (Å²) in [5.74, 6) is 1.02. The average Bonchev–Trinajstić information content (AvgIpc) is 3.07. The molecule has 1 aromatic heterocycles. The third kappa shape index (κ3) is 4.59. The summed E-state index contributed by atoms with van der Waals surface area (Å²) in [6.45, 7) is 3.84. The number of carbonyl (C=O) groups is 2. The van der Waals surface area contributed by atoms with E-state index in [1.54, 1.807) is 28.0 Å². The van der Waals surface area contributed by atoms with Gasteiger partial charge >= 0.3 is 0 Å². The first-order chi connectivity index (χ1) is 12.5. The number of furan rings is 1. The summed E-state index contributed by atoms with van der Waals surface area (Å²) in [6, 6.07) is 9.60. The maximum Gasteiger partial charge on any atom is 0.246 e. The van der Waals surface area contributed by atoms with E-state index in [1.807, 2.05) is 19.1 Å². The van der Waals surface area contributed by atoms with Crippen molar-refractivity contribution < 1.29 is 18.4 Å². The van der Waals surface area contributed by atoms with Crippen LogP contribution in [0.2, 0.25) is 0 Å². The zero-order chi connectivity index (χ0) is 18.5. The van der Waals surface area contributed by atoms with E-state index >= 15 is 0 Å². The molecule has 2 amide bonds. The van der Waals surface area contributed by atoms with E-state index in [2.05, 4.69) is 0 Å². The molecule has 0 aliphatic carbocycles. The highest BCUT2D eigenvalue weighted by Gasteiger charge is 2.23. The first-order valence-electron chi connectivity index (χ1n) is 8.57. The Morgan fingerprint density at radius 2 is 1.69 bits per heavy atom. The van der Waals surface area contributed by atoms with Gasteiger partial charge in [0.1, 0.15) is 17.3 Å². The summed E-state index contributed by atoms with van der Waals surface area (Å²) in [4.78, 5) is 28.0. The smallest absolute Gasteiger partial charge is 0.246 e. The highest BCUT2D eigenvalue weighted by Crippen LogP contribution is 2.11. The quantitative estimate of drug-likeness (QED) is 0.792. The molecule has 0 unspecified atom stereocenters. The van der Waals surface area contributed by atoms with Gasteiger partial charge in [-0.15, -0.1) is 0 Å². The van der Waals surface area contributed by atoms with Crippen molar-refractivity contribution in [3.05, 3.63) is 65.4 Å². The number of carbonyl (C=O) groups excluding carboxylic acids is 2. The molecule has 0 bridgehead atoms. The molecule has 5 nitrogen and oxygen atoms in total. The summed E-state index contributed by atoms with van der Waals surface area (Å²) in [7, 11) is 0. The molecule has 2 aromatic rings. The highest BCUT2D eigenvalue weighted by atomic mass is 19.1. The van der Waals surface area contributed by atoms with Gasteiger partial charge in [0.2, 0.25) is 11.8 Å². The predicted molar refractivity (Wildman–Crippen MR) is 95.7 cm³/mol. The lowest BCUT2D eigenvalue weighted by atomic mass is 10.1. The van der Waals surface area contributed by atoms with Crippen molar-refractivity contribution in [2.45, 2.75) is 13.3 Å². The predicted octanol–water partition coefficient (Wildman–Crippen LogP) is 2.65. The summed E-state index contributed by atoms with van der Waals surface area (Å²) in [6.07, 6.45) is 3.39. The maximum atomic E-state index is 12.9. The number of hydrogen-bond donors (Lipinski definition) is 0. The molecule has 0 N–H and O–H groups in total. The molecule has 1 fully saturated rings. The molecule has 136 valence electrons.